The molecule has 6 nitrogen and oxygen atoms in total. The van der Waals surface area contributed by atoms with E-state index >= 15 is 0 Å². The lowest BCUT2D eigenvalue weighted by Crippen LogP contribution is -2.39. The Kier molecular flexibility index (Phi) is 4.55. The number of benzene rings is 1. The van der Waals surface area contributed by atoms with Crippen LogP contribution in [0.1, 0.15) is 12.8 Å². The Balaban J connectivity index is 1.76. The van der Waals surface area contributed by atoms with Crippen molar-refractivity contribution in [3.05, 3.63) is 42.7 Å². The van der Waals surface area contributed by atoms with Gasteiger partial charge in [-0.3, -0.25) is 0 Å². The SMILES string of the molecule is COc1ccccc1-c1c[nH]c2nccc(N3CCC(S(C)(=O)=O)CC3)c12. The van der Waals surface area contributed by atoms with Crippen LogP contribution in [-0.4, -0.2) is 50.1 Å². The van der Waals surface area contributed by atoms with Crippen LogP contribution in [0.3, 0.4) is 0 Å². The fourth-order valence-corrected chi connectivity index (χ4v) is 4.97. The molecule has 0 unspecified atom stereocenters. The number of aromatic amines is 1. The fourth-order valence-electron chi connectivity index (χ4n) is 3.91. The van der Waals surface area contributed by atoms with E-state index in [9.17, 15) is 8.42 Å². The van der Waals surface area contributed by atoms with Crippen LogP contribution in [0.15, 0.2) is 42.7 Å². The maximum Gasteiger partial charge on any atom is 0.150 e. The van der Waals surface area contributed by atoms with Crippen molar-refractivity contribution < 1.29 is 13.2 Å². The number of hydrogen-bond acceptors (Lipinski definition) is 5. The number of anilines is 1. The first kappa shape index (κ1) is 17.9. The van der Waals surface area contributed by atoms with Gasteiger partial charge in [0.2, 0.25) is 0 Å². The summed E-state index contributed by atoms with van der Waals surface area (Å²) >= 11 is 0. The zero-order valence-electron chi connectivity index (χ0n) is 15.5. The molecule has 0 amide bonds. The molecular weight excluding hydrogens is 362 g/mol. The lowest BCUT2D eigenvalue weighted by atomic mass is 10.0. The topological polar surface area (TPSA) is 75.3 Å². The van der Waals surface area contributed by atoms with E-state index in [4.69, 9.17) is 4.74 Å². The Labute approximate surface area is 159 Å². The number of aromatic nitrogens is 2. The van der Waals surface area contributed by atoms with Crippen LogP contribution in [0, 0.1) is 0 Å². The minimum absolute atomic E-state index is 0.244. The van der Waals surface area contributed by atoms with Crippen molar-refractivity contribution in [1.29, 1.82) is 0 Å². The zero-order valence-corrected chi connectivity index (χ0v) is 16.3. The van der Waals surface area contributed by atoms with Gasteiger partial charge < -0.3 is 14.6 Å². The van der Waals surface area contributed by atoms with Gasteiger partial charge >= 0.3 is 0 Å². The number of rotatable bonds is 4. The summed E-state index contributed by atoms with van der Waals surface area (Å²) in [6, 6.07) is 9.93. The van der Waals surface area contributed by atoms with Crippen LogP contribution in [0.2, 0.25) is 0 Å². The number of pyridine rings is 1. The number of sulfone groups is 1. The third-order valence-electron chi connectivity index (χ3n) is 5.34. The first-order chi connectivity index (χ1) is 13.0. The van der Waals surface area contributed by atoms with E-state index in [2.05, 4.69) is 14.9 Å². The monoisotopic (exact) mass is 385 g/mol. The van der Waals surface area contributed by atoms with Crippen LogP contribution in [0.25, 0.3) is 22.2 Å². The van der Waals surface area contributed by atoms with Crippen molar-refractivity contribution in [2.75, 3.05) is 31.4 Å². The van der Waals surface area contributed by atoms with Crippen LogP contribution in [-0.2, 0) is 9.84 Å². The number of nitrogens with one attached hydrogen (secondary N) is 1. The first-order valence-corrected chi connectivity index (χ1v) is 11.0. The van der Waals surface area contributed by atoms with Gasteiger partial charge in [-0.15, -0.1) is 0 Å². The maximum atomic E-state index is 11.9. The fraction of sp³-hybridized carbons (Fsp3) is 0.350. The van der Waals surface area contributed by atoms with Gasteiger partial charge in [-0.1, -0.05) is 18.2 Å². The summed E-state index contributed by atoms with van der Waals surface area (Å²) < 4.78 is 29.3. The van der Waals surface area contributed by atoms with Gasteiger partial charge in [0.1, 0.15) is 21.2 Å². The summed E-state index contributed by atoms with van der Waals surface area (Å²) in [4.78, 5) is 10.00. The summed E-state index contributed by atoms with van der Waals surface area (Å²) in [5, 5.41) is 0.797. The lowest BCUT2D eigenvalue weighted by Gasteiger charge is -2.33. The standard InChI is InChI=1S/C20H23N3O3S/c1-26-18-6-4-3-5-15(18)16-13-22-20-19(16)17(7-10-21-20)23-11-8-14(9-12-23)27(2,24)25/h3-7,10,13-14H,8-9,11-12H2,1-2H3,(H,21,22). The molecular formula is C20H23N3O3S. The Morgan fingerprint density at radius 2 is 1.89 bits per heavy atom. The average molecular weight is 385 g/mol. The number of methoxy groups -OCH3 is 1. The highest BCUT2D eigenvalue weighted by Crippen LogP contribution is 2.39. The second-order valence-corrected chi connectivity index (χ2v) is 9.30. The molecule has 1 saturated heterocycles. The van der Waals surface area contributed by atoms with Crippen molar-refractivity contribution in [2.45, 2.75) is 18.1 Å². The second-order valence-electron chi connectivity index (χ2n) is 6.97. The quantitative estimate of drug-likeness (QED) is 0.746. The number of H-pyrrole nitrogens is 1. The smallest absolute Gasteiger partial charge is 0.150 e. The second kappa shape index (κ2) is 6.88. The molecule has 0 aliphatic carbocycles. The summed E-state index contributed by atoms with van der Waals surface area (Å²) in [6.45, 7) is 1.43. The number of hydrogen-bond donors (Lipinski definition) is 1. The molecule has 1 aromatic carbocycles. The van der Waals surface area contributed by atoms with Gasteiger partial charge in [-0.05, 0) is 25.0 Å². The minimum Gasteiger partial charge on any atom is -0.496 e. The summed E-state index contributed by atoms with van der Waals surface area (Å²) in [5.41, 5.74) is 3.94. The van der Waals surface area contributed by atoms with Gasteiger partial charge in [0, 0.05) is 48.6 Å². The molecule has 7 heteroatoms. The van der Waals surface area contributed by atoms with E-state index in [-0.39, 0.29) is 5.25 Å². The first-order valence-electron chi connectivity index (χ1n) is 9.02. The average Bonchev–Trinajstić information content (AvgIpc) is 3.11. The van der Waals surface area contributed by atoms with E-state index in [1.165, 1.54) is 6.26 Å². The molecule has 0 radical (unpaired) electrons. The number of nitrogens with zero attached hydrogens (tertiary/aromatic N) is 2. The molecule has 0 spiro atoms. The van der Waals surface area contributed by atoms with Crippen LogP contribution < -0.4 is 9.64 Å². The van der Waals surface area contributed by atoms with E-state index in [1.807, 2.05) is 36.5 Å². The molecule has 0 saturated carbocycles. The van der Waals surface area contributed by atoms with Crippen molar-refractivity contribution in [1.82, 2.24) is 9.97 Å². The van der Waals surface area contributed by atoms with E-state index in [0.29, 0.717) is 25.9 Å². The summed E-state index contributed by atoms with van der Waals surface area (Å²) in [7, 11) is -1.32. The van der Waals surface area contributed by atoms with Gasteiger partial charge in [-0.25, -0.2) is 13.4 Å². The normalized spacial score (nSPS) is 16.0. The van der Waals surface area contributed by atoms with Crippen LogP contribution >= 0.6 is 0 Å². The molecule has 3 aromatic rings. The third-order valence-corrected chi connectivity index (χ3v) is 7.02. The highest BCUT2D eigenvalue weighted by atomic mass is 32.2. The Bertz CT molecular complexity index is 1070. The van der Waals surface area contributed by atoms with Crippen molar-refractivity contribution >= 4 is 26.6 Å². The third kappa shape index (κ3) is 3.27. The Hall–Kier alpha value is -2.54. The molecule has 2 aromatic heterocycles. The van der Waals surface area contributed by atoms with Gasteiger partial charge in [0.05, 0.1) is 17.7 Å². The highest BCUT2D eigenvalue weighted by Gasteiger charge is 2.28. The molecule has 4 rings (SSSR count). The molecule has 1 fully saturated rings. The van der Waals surface area contributed by atoms with Crippen LogP contribution in [0.4, 0.5) is 5.69 Å². The van der Waals surface area contributed by atoms with Crippen molar-refractivity contribution in [2.24, 2.45) is 0 Å². The molecule has 1 aliphatic heterocycles. The maximum absolute atomic E-state index is 11.9. The largest absolute Gasteiger partial charge is 0.496 e. The molecule has 27 heavy (non-hydrogen) atoms. The minimum atomic E-state index is -2.99. The van der Waals surface area contributed by atoms with Gasteiger partial charge in [0.25, 0.3) is 0 Å². The zero-order chi connectivity index (χ0) is 19.0. The van der Waals surface area contributed by atoms with Crippen molar-refractivity contribution in [3.8, 4) is 16.9 Å². The van der Waals surface area contributed by atoms with E-state index in [0.717, 1.165) is 33.6 Å². The predicted octanol–water partition coefficient (Wildman–Crippen LogP) is 3.25. The lowest BCUT2D eigenvalue weighted by molar-refractivity contribution is 0.416. The Morgan fingerprint density at radius 3 is 2.59 bits per heavy atom. The molecule has 1 N–H and O–H groups in total. The van der Waals surface area contributed by atoms with E-state index < -0.39 is 9.84 Å². The number of piperidine rings is 1. The van der Waals surface area contributed by atoms with Crippen molar-refractivity contribution in [3.63, 3.8) is 0 Å². The molecule has 142 valence electrons. The van der Waals surface area contributed by atoms with Crippen LogP contribution in [0.5, 0.6) is 5.75 Å². The van der Waals surface area contributed by atoms with E-state index in [1.54, 1.807) is 13.3 Å². The summed E-state index contributed by atoms with van der Waals surface area (Å²) in [5.74, 6) is 0.809. The molecule has 0 atom stereocenters. The number of para-hydroxylation sites is 1. The van der Waals surface area contributed by atoms with Gasteiger partial charge in [-0.2, -0.15) is 0 Å². The Morgan fingerprint density at radius 1 is 1.15 bits per heavy atom. The molecule has 3 heterocycles. The highest BCUT2D eigenvalue weighted by molar-refractivity contribution is 7.91. The van der Waals surface area contributed by atoms with Gasteiger partial charge in [0.15, 0.2) is 0 Å². The molecule has 1 aliphatic rings. The number of fused-ring (bicyclic) bond motifs is 1. The molecule has 0 bridgehead atoms. The predicted molar refractivity (Wildman–Crippen MR) is 108 cm³/mol. The number of ether oxygens (including phenoxy) is 1. The summed E-state index contributed by atoms with van der Waals surface area (Å²) in [6.07, 6.45) is 6.39.